The number of Topliss-reactive ketones (excluding diaryl/α,β-unsaturated/α-hetero) is 3. The highest BCUT2D eigenvalue weighted by Gasteiger charge is 2.70. The summed E-state index contributed by atoms with van der Waals surface area (Å²) in [5, 5.41) is 3.65. The van der Waals surface area contributed by atoms with Crippen molar-refractivity contribution in [1.29, 1.82) is 0 Å². The molecule has 1 unspecified atom stereocenters. The molecular formula is C41H44ClN3O8Si. The van der Waals surface area contributed by atoms with Crippen molar-refractivity contribution < 1.29 is 37.6 Å². The van der Waals surface area contributed by atoms with Crippen molar-refractivity contribution in [3.63, 3.8) is 0 Å². The van der Waals surface area contributed by atoms with Crippen molar-refractivity contribution in [1.82, 2.24) is 15.0 Å². The Morgan fingerprint density at radius 3 is 2.15 bits per heavy atom. The number of ether oxygens (including phenoxy) is 2. The summed E-state index contributed by atoms with van der Waals surface area (Å²) >= 11 is 6.63. The summed E-state index contributed by atoms with van der Waals surface area (Å²) in [7, 11) is 0.745. The lowest BCUT2D eigenvalue weighted by atomic mass is 9.54. The predicted molar refractivity (Wildman–Crippen MR) is 203 cm³/mol. The van der Waals surface area contributed by atoms with Crippen molar-refractivity contribution in [3.05, 3.63) is 105 Å². The van der Waals surface area contributed by atoms with Crippen LogP contribution in [-0.4, -0.2) is 66.7 Å². The molecule has 0 N–H and O–H groups in total. The van der Waals surface area contributed by atoms with Gasteiger partial charge in [-0.15, -0.1) is 0 Å². The van der Waals surface area contributed by atoms with Gasteiger partial charge < -0.3 is 18.4 Å². The quantitative estimate of drug-likeness (QED) is 0.0686. The second kappa shape index (κ2) is 14.0. The van der Waals surface area contributed by atoms with Crippen LogP contribution < -0.4 is 9.47 Å². The molecule has 3 aliphatic rings. The van der Waals surface area contributed by atoms with Gasteiger partial charge in [0.05, 0.1) is 17.5 Å². The van der Waals surface area contributed by atoms with Crippen LogP contribution in [-0.2, 0) is 28.9 Å². The molecule has 1 saturated carbocycles. The second-order valence-corrected chi connectivity index (χ2v) is 21.3. The van der Waals surface area contributed by atoms with E-state index in [-0.39, 0.29) is 65.4 Å². The topological polar surface area (TPSA) is 138 Å². The number of ketones is 3. The number of hydrogen-bond acceptors (Lipinski definition) is 11. The molecule has 0 aliphatic heterocycles. The highest BCUT2D eigenvalue weighted by atomic mass is 35.5. The lowest BCUT2D eigenvalue weighted by Crippen LogP contribution is -2.70. The zero-order valence-corrected chi connectivity index (χ0v) is 33.2. The molecule has 5 atom stereocenters. The molecule has 0 radical (unpaired) electrons. The van der Waals surface area contributed by atoms with Gasteiger partial charge in [-0.3, -0.25) is 24.1 Å². The number of rotatable bonds is 10. The first kappa shape index (κ1) is 37.8. The van der Waals surface area contributed by atoms with E-state index in [2.05, 4.69) is 10.1 Å². The molecule has 13 heteroatoms. The van der Waals surface area contributed by atoms with E-state index < -0.39 is 60.1 Å². The van der Waals surface area contributed by atoms with E-state index in [0.29, 0.717) is 11.8 Å². The van der Waals surface area contributed by atoms with Crippen molar-refractivity contribution in [2.45, 2.75) is 76.6 Å². The van der Waals surface area contributed by atoms with Gasteiger partial charge in [0.15, 0.2) is 48.4 Å². The summed E-state index contributed by atoms with van der Waals surface area (Å²) in [6.45, 7) is 10.2. The zero-order valence-electron chi connectivity index (χ0n) is 31.5. The smallest absolute Gasteiger partial charge is 0.265 e. The summed E-state index contributed by atoms with van der Waals surface area (Å²) < 4.78 is 25.4. The number of hydrogen-bond donors (Lipinski definition) is 0. The van der Waals surface area contributed by atoms with Crippen LogP contribution >= 0.6 is 11.6 Å². The summed E-state index contributed by atoms with van der Waals surface area (Å²) in [6, 6.07) is 18.1. The van der Waals surface area contributed by atoms with E-state index in [0.717, 1.165) is 11.1 Å². The van der Waals surface area contributed by atoms with Crippen molar-refractivity contribution in [2.75, 3.05) is 14.1 Å². The van der Waals surface area contributed by atoms with E-state index in [1.54, 1.807) is 0 Å². The molecule has 0 amide bonds. The fraction of sp³-hybridized carbons (Fsp3) is 0.415. The van der Waals surface area contributed by atoms with E-state index >= 15 is 14.4 Å². The number of aldehydes is 1. The largest absolute Gasteiger partial charge is 0.485 e. The number of halogens is 1. The molecule has 3 aliphatic carbocycles. The van der Waals surface area contributed by atoms with E-state index in [9.17, 15) is 4.79 Å². The Morgan fingerprint density at radius 2 is 1.57 bits per heavy atom. The zero-order chi connectivity index (χ0) is 38.7. The second-order valence-electron chi connectivity index (χ2n) is 16.2. The van der Waals surface area contributed by atoms with Crippen molar-refractivity contribution >= 4 is 43.6 Å². The molecule has 2 heterocycles. The average Bonchev–Trinajstić information content (AvgIpc) is 3.55. The summed E-state index contributed by atoms with van der Waals surface area (Å²) in [5.41, 5.74) is 0.0463. The first-order valence-electron chi connectivity index (χ1n) is 18.1. The number of carbonyl (C=O) groups excluding carboxylic acids is 4. The maximum absolute atomic E-state index is 15.7. The lowest BCUT2D eigenvalue weighted by molar-refractivity contribution is -0.151. The number of aromatic nitrogens is 2. The Kier molecular flexibility index (Phi) is 9.78. The van der Waals surface area contributed by atoms with E-state index in [1.807, 2.05) is 114 Å². The molecule has 54 heavy (non-hydrogen) atoms. The number of pyridine rings is 1. The standard InChI is InChI=1S/C41H44ClN3O8Si/c1-40(2,3)54(6,7)53-41-27(32(45(4)5)34-31(37(41)49)39(44-52-34)51-22-24-16-12-9-13-17-24)19-25-18-26-28(20-46)43-38(42)35(30(26)33(47)29(25)36(41)48)50-21-23-14-10-8-11-15-23/h8-17,20,25,27,29,32H,18-19,21-22H2,1-7H3/t25-,27-,29?,32-,41-/m0/s1. The number of nitrogens with zero attached hydrogens (tertiary/aromatic N) is 3. The summed E-state index contributed by atoms with van der Waals surface area (Å²) in [4.78, 5) is 64.7. The van der Waals surface area contributed by atoms with Crippen LogP contribution in [0.2, 0.25) is 23.3 Å². The highest BCUT2D eigenvalue weighted by molar-refractivity contribution is 6.74. The SMILES string of the molecule is CN(C)[C@@H]1c2onc(OCc3ccccc3)c2C(=O)[C@@]2(O[Si](C)(C)C(C)(C)C)C(=O)C3C(=O)c4c(c(C=O)nc(Cl)c4OCc4ccccc4)C[C@H]3C[C@@H]12. The minimum absolute atomic E-state index is 0.00193. The monoisotopic (exact) mass is 769 g/mol. The maximum atomic E-state index is 15.7. The summed E-state index contributed by atoms with van der Waals surface area (Å²) in [5.74, 6) is -4.25. The molecule has 11 nitrogen and oxygen atoms in total. The fourth-order valence-corrected chi connectivity index (χ4v) is 9.77. The van der Waals surface area contributed by atoms with Crippen LogP contribution in [0.3, 0.4) is 0 Å². The molecule has 0 saturated heterocycles. The number of benzene rings is 2. The molecule has 7 rings (SSSR count). The van der Waals surface area contributed by atoms with Crippen molar-refractivity contribution in [3.8, 4) is 11.6 Å². The van der Waals surface area contributed by atoms with Crippen LogP contribution in [0.5, 0.6) is 11.6 Å². The van der Waals surface area contributed by atoms with Gasteiger partial charge in [0.1, 0.15) is 24.5 Å². The lowest BCUT2D eigenvalue weighted by Gasteiger charge is -2.56. The van der Waals surface area contributed by atoms with Gasteiger partial charge in [0.2, 0.25) is 5.78 Å². The predicted octanol–water partition coefficient (Wildman–Crippen LogP) is 7.51. The third-order valence-corrected chi connectivity index (χ3v) is 16.4. The molecule has 0 bridgehead atoms. The molecule has 2 aromatic carbocycles. The Bertz CT molecular complexity index is 2130. The van der Waals surface area contributed by atoms with Gasteiger partial charge in [-0.05, 0) is 72.8 Å². The van der Waals surface area contributed by atoms with Crippen LogP contribution in [0.4, 0.5) is 0 Å². The molecule has 282 valence electrons. The van der Waals surface area contributed by atoms with Gasteiger partial charge in [0.25, 0.3) is 5.88 Å². The molecular weight excluding hydrogens is 726 g/mol. The molecule has 2 aromatic heterocycles. The Labute approximate surface area is 320 Å². The van der Waals surface area contributed by atoms with Crippen LogP contribution in [0.1, 0.15) is 86.9 Å². The van der Waals surface area contributed by atoms with Crippen LogP contribution in [0.15, 0.2) is 65.2 Å². The maximum Gasteiger partial charge on any atom is 0.265 e. The van der Waals surface area contributed by atoms with Crippen molar-refractivity contribution in [2.24, 2.45) is 17.8 Å². The Balaban J connectivity index is 1.38. The first-order valence-corrected chi connectivity index (χ1v) is 21.4. The molecule has 0 spiro atoms. The van der Waals surface area contributed by atoms with Gasteiger partial charge in [0, 0.05) is 5.92 Å². The third kappa shape index (κ3) is 6.13. The Hall–Kier alpha value is -4.49. The van der Waals surface area contributed by atoms with Gasteiger partial charge in [-0.1, -0.05) is 93.0 Å². The minimum Gasteiger partial charge on any atom is -0.485 e. The Morgan fingerprint density at radius 1 is 0.963 bits per heavy atom. The fourth-order valence-electron chi connectivity index (χ4n) is 8.07. The van der Waals surface area contributed by atoms with E-state index in [1.165, 1.54) is 0 Å². The first-order chi connectivity index (χ1) is 25.6. The summed E-state index contributed by atoms with van der Waals surface area (Å²) in [6.07, 6.45) is 0.957. The minimum atomic E-state index is -2.95. The van der Waals surface area contributed by atoms with Gasteiger partial charge in [-0.2, -0.15) is 0 Å². The van der Waals surface area contributed by atoms with Crippen LogP contribution in [0, 0.1) is 17.8 Å². The van der Waals surface area contributed by atoms with Gasteiger partial charge in [-0.25, -0.2) is 4.98 Å². The molecule has 1 fully saturated rings. The number of fused-ring (bicyclic) bond motifs is 4. The normalized spacial score (nSPS) is 23.7. The van der Waals surface area contributed by atoms with Crippen LogP contribution in [0.25, 0.3) is 0 Å². The average molecular weight is 770 g/mol. The van der Waals surface area contributed by atoms with E-state index in [4.69, 9.17) is 30.0 Å². The van der Waals surface area contributed by atoms with Gasteiger partial charge >= 0.3 is 0 Å². The number of carbonyl (C=O) groups is 4. The molecule has 4 aromatic rings. The highest BCUT2D eigenvalue weighted by Crippen LogP contribution is 2.59. The third-order valence-electron chi connectivity index (χ3n) is 11.7.